The zero-order valence-electron chi connectivity index (χ0n) is 13.9. The molecule has 2 aromatic rings. The van der Waals surface area contributed by atoms with E-state index in [4.69, 9.17) is 9.15 Å². The molecule has 3 N–H and O–H groups in total. The van der Waals surface area contributed by atoms with Gasteiger partial charge in [0.05, 0.1) is 26.0 Å². The van der Waals surface area contributed by atoms with Crippen molar-refractivity contribution in [3.8, 4) is 0 Å². The largest absolute Gasteiger partial charge is 0.467 e. The van der Waals surface area contributed by atoms with E-state index in [1.807, 2.05) is 37.3 Å². The maximum atomic E-state index is 9.98. The van der Waals surface area contributed by atoms with Crippen molar-refractivity contribution < 1.29 is 14.3 Å². The first-order valence-corrected chi connectivity index (χ1v) is 8.15. The van der Waals surface area contributed by atoms with Gasteiger partial charge in [0, 0.05) is 13.1 Å². The standard InChI is InChI=1S/C18H25N3O3/c1-2-19-18(21-13-16(22)17-9-6-11-24-17)20-10-12-23-14-15-7-4-3-5-8-15/h3-9,11,16,22H,2,10,12-14H2,1H3,(H2,19,20,21). The van der Waals surface area contributed by atoms with Crippen LogP contribution in [0.15, 0.2) is 58.1 Å². The lowest BCUT2D eigenvalue weighted by Gasteiger charge is -2.12. The van der Waals surface area contributed by atoms with Gasteiger partial charge in [-0.1, -0.05) is 30.3 Å². The number of aliphatic hydroxyl groups is 1. The predicted molar refractivity (Wildman–Crippen MR) is 93.7 cm³/mol. The Bertz CT molecular complexity index is 585. The molecule has 0 spiro atoms. The number of aliphatic imine (C=N–C) groups is 1. The second-order valence-electron chi connectivity index (χ2n) is 5.22. The van der Waals surface area contributed by atoms with Crippen molar-refractivity contribution in [3.63, 3.8) is 0 Å². The summed E-state index contributed by atoms with van der Waals surface area (Å²) < 4.78 is 10.8. The van der Waals surface area contributed by atoms with Crippen LogP contribution in [0.25, 0.3) is 0 Å². The lowest BCUT2D eigenvalue weighted by molar-refractivity contribution is 0.125. The Hall–Kier alpha value is -2.31. The number of rotatable bonds is 9. The fourth-order valence-electron chi connectivity index (χ4n) is 2.10. The molecule has 0 aliphatic carbocycles. The first kappa shape index (κ1) is 18.0. The Balaban J connectivity index is 1.69. The topological polar surface area (TPSA) is 79.0 Å². The molecule has 6 nitrogen and oxygen atoms in total. The SMILES string of the molecule is CCNC(=NCC(O)c1ccco1)NCCOCc1ccccc1. The quantitative estimate of drug-likeness (QED) is 0.372. The number of aliphatic hydroxyl groups excluding tert-OH is 1. The van der Waals surface area contributed by atoms with E-state index >= 15 is 0 Å². The van der Waals surface area contributed by atoms with Gasteiger partial charge in [0.1, 0.15) is 11.9 Å². The number of nitrogens with zero attached hydrogens (tertiary/aromatic N) is 1. The monoisotopic (exact) mass is 331 g/mol. The minimum Gasteiger partial charge on any atom is -0.467 e. The Morgan fingerprint density at radius 3 is 2.75 bits per heavy atom. The summed E-state index contributed by atoms with van der Waals surface area (Å²) in [5.74, 6) is 1.16. The van der Waals surface area contributed by atoms with E-state index in [0.717, 1.165) is 12.1 Å². The van der Waals surface area contributed by atoms with E-state index in [2.05, 4.69) is 15.6 Å². The summed E-state index contributed by atoms with van der Waals surface area (Å²) in [6, 6.07) is 13.5. The fraction of sp³-hybridized carbons (Fsp3) is 0.389. The van der Waals surface area contributed by atoms with E-state index in [1.54, 1.807) is 12.1 Å². The van der Waals surface area contributed by atoms with Crippen molar-refractivity contribution in [1.82, 2.24) is 10.6 Å². The second-order valence-corrected chi connectivity index (χ2v) is 5.22. The summed E-state index contributed by atoms with van der Waals surface area (Å²) in [5, 5.41) is 16.3. The maximum Gasteiger partial charge on any atom is 0.191 e. The van der Waals surface area contributed by atoms with E-state index in [0.29, 0.717) is 31.5 Å². The molecule has 0 aliphatic rings. The molecule has 24 heavy (non-hydrogen) atoms. The van der Waals surface area contributed by atoms with E-state index in [1.165, 1.54) is 6.26 Å². The molecular formula is C18H25N3O3. The summed E-state index contributed by atoms with van der Waals surface area (Å²) in [5.41, 5.74) is 1.15. The maximum absolute atomic E-state index is 9.98. The molecule has 0 fully saturated rings. The number of hydrogen-bond acceptors (Lipinski definition) is 4. The van der Waals surface area contributed by atoms with Gasteiger partial charge < -0.3 is 24.9 Å². The van der Waals surface area contributed by atoms with Gasteiger partial charge >= 0.3 is 0 Å². The third kappa shape index (κ3) is 6.44. The molecule has 0 saturated carbocycles. The molecule has 1 heterocycles. The molecule has 0 aliphatic heterocycles. The van der Waals surface area contributed by atoms with Gasteiger partial charge in [0.15, 0.2) is 5.96 Å². The highest BCUT2D eigenvalue weighted by molar-refractivity contribution is 5.79. The van der Waals surface area contributed by atoms with Crippen LogP contribution in [-0.4, -0.2) is 37.3 Å². The predicted octanol–water partition coefficient (Wildman–Crippen LogP) is 2.08. The fourth-order valence-corrected chi connectivity index (χ4v) is 2.10. The molecule has 1 atom stereocenters. The van der Waals surface area contributed by atoms with Crippen molar-refractivity contribution >= 4 is 5.96 Å². The molecule has 130 valence electrons. The molecule has 1 aromatic heterocycles. The highest BCUT2D eigenvalue weighted by Gasteiger charge is 2.09. The highest BCUT2D eigenvalue weighted by Crippen LogP contribution is 2.12. The third-order valence-electron chi connectivity index (χ3n) is 3.29. The lowest BCUT2D eigenvalue weighted by Crippen LogP contribution is -2.39. The summed E-state index contributed by atoms with van der Waals surface area (Å²) in [6.45, 7) is 4.76. The number of nitrogens with one attached hydrogen (secondary N) is 2. The van der Waals surface area contributed by atoms with E-state index < -0.39 is 6.10 Å². The summed E-state index contributed by atoms with van der Waals surface area (Å²) in [7, 11) is 0. The normalized spacial score (nSPS) is 12.8. The Kier molecular flexibility index (Phi) is 7.86. The smallest absolute Gasteiger partial charge is 0.191 e. The number of hydrogen-bond donors (Lipinski definition) is 3. The molecule has 0 radical (unpaired) electrons. The van der Waals surface area contributed by atoms with Crippen molar-refractivity contribution in [3.05, 3.63) is 60.1 Å². The number of furan rings is 1. The van der Waals surface area contributed by atoms with Gasteiger partial charge in [-0.3, -0.25) is 4.99 Å². The van der Waals surface area contributed by atoms with Crippen LogP contribution >= 0.6 is 0 Å². The first-order chi connectivity index (χ1) is 11.8. The average molecular weight is 331 g/mol. The Labute approximate surface area is 142 Å². The van der Waals surface area contributed by atoms with Gasteiger partial charge in [-0.25, -0.2) is 0 Å². The minimum absolute atomic E-state index is 0.230. The minimum atomic E-state index is -0.746. The van der Waals surface area contributed by atoms with Crippen LogP contribution in [0, 0.1) is 0 Å². The van der Waals surface area contributed by atoms with Gasteiger partial charge in [-0.05, 0) is 24.6 Å². The van der Waals surface area contributed by atoms with Gasteiger partial charge in [0.2, 0.25) is 0 Å². The van der Waals surface area contributed by atoms with Gasteiger partial charge in [-0.15, -0.1) is 0 Å². The molecule has 0 bridgehead atoms. The lowest BCUT2D eigenvalue weighted by atomic mass is 10.2. The number of benzene rings is 1. The van der Waals surface area contributed by atoms with Crippen molar-refractivity contribution in [2.24, 2.45) is 4.99 Å². The Morgan fingerprint density at radius 1 is 1.21 bits per heavy atom. The molecule has 6 heteroatoms. The van der Waals surface area contributed by atoms with Gasteiger partial charge in [0.25, 0.3) is 0 Å². The molecule has 0 amide bonds. The van der Waals surface area contributed by atoms with Crippen molar-refractivity contribution in [1.29, 1.82) is 0 Å². The molecule has 1 unspecified atom stereocenters. The van der Waals surface area contributed by atoms with Crippen LogP contribution in [0.3, 0.4) is 0 Å². The summed E-state index contributed by atoms with van der Waals surface area (Å²) in [4.78, 5) is 4.35. The average Bonchev–Trinajstić information content (AvgIpc) is 3.14. The van der Waals surface area contributed by atoms with Crippen LogP contribution < -0.4 is 10.6 Å². The number of ether oxygens (including phenoxy) is 1. The highest BCUT2D eigenvalue weighted by atomic mass is 16.5. The van der Waals surface area contributed by atoms with Crippen LogP contribution in [0.2, 0.25) is 0 Å². The second kappa shape index (κ2) is 10.5. The first-order valence-electron chi connectivity index (χ1n) is 8.15. The van der Waals surface area contributed by atoms with Crippen LogP contribution in [0.4, 0.5) is 0 Å². The molecule has 1 aromatic carbocycles. The zero-order chi connectivity index (χ0) is 17.0. The molecule has 2 rings (SSSR count). The summed E-state index contributed by atoms with van der Waals surface area (Å²) in [6.07, 6.45) is 0.792. The molecule has 0 saturated heterocycles. The van der Waals surface area contributed by atoms with Gasteiger partial charge in [-0.2, -0.15) is 0 Å². The number of guanidine groups is 1. The molecular weight excluding hydrogens is 306 g/mol. The van der Waals surface area contributed by atoms with Crippen molar-refractivity contribution in [2.75, 3.05) is 26.2 Å². The van der Waals surface area contributed by atoms with Crippen molar-refractivity contribution in [2.45, 2.75) is 19.6 Å². The third-order valence-corrected chi connectivity index (χ3v) is 3.29. The summed E-state index contributed by atoms with van der Waals surface area (Å²) >= 11 is 0. The van der Waals surface area contributed by atoms with Crippen LogP contribution in [-0.2, 0) is 11.3 Å². The van der Waals surface area contributed by atoms with E-state index in [-0.39, 0.29) is 6.54 Å². The van der Waals surface area contributed by atoms with Crippen LogP contribution in [0.5, 0.6) is 0 Å². The van der Waals surface area contributed by atoms with Crippen LogP contribution in [0.1, 0.15) is 24.4 Å². The zero-order valence-corrected chi connectivity index (χ0v) is 13.9. The van der Waals surface area contributed by atoms with E-state index in [9.17, 15) is 5.11 Å². The Morgan fingerprint density at radius 2 is 2.04 bits per heavy atom.